The maximum Gasteiger partial charge on any atom is 0.254 e. The van der Waals surface area contributed by atoms with Crippen molar-refractivity contribution in [3.05, 3.63) is 35.6 Å². The lowest BCUT2D eigenvalue weighted by Gasteiger charge is -2.25. The number of hydrogen-bond donors (Lipinski definition) is 0. The zero-order chi connectivity index (χ0) is 11.4. The molecular formula is C12H16FNO. The quantitative estimate of drug-likeness (QED) is 0.749. The number of hydrogen-bond acceptors (Lipinski definition) is 1. The van der Waals surface area contributed by atoms with Crippen molar-refractivity contribution in [3.63, 3.8) is 0 Å². The van der Waals surface area contributed by atoms with Crippen LogP contribution in [0, 0.1) is 5.82 Å². The van der Waals surface area contributed by atoms with Crippen molar-refractivity contribution in [1.29, 1.82) is 0 Å². The Labute approximate surface area is 89.7 Å². The van der Waals surface area contributed by atoms with Crippen molar-refractivity contribution in [1.82, 2.24) is 4.90 Å². The third-order valence-corrected chi connectivity index (χ3v) is 2.32. The van der Waals surface area contributed by atoms with E-state index in [-0.39, 0.29) is 17.8 Å². The van der Waals surface area contributed by atoms with Gasteiger partial charge in [-0.1, -0.05) is 0 Å². The first kappa shape index (κ1) is 11.7. The molecule has 15 heavy (non-hydrogen) atoms. The molecule has 1 aromatic rings. The molecule has 0 aromatic heterocycles. The van der Waals surface area contributed by atoms with E-state index >= 15 is 0 Å². The first-order chi connectivity index (χ1) is 7.06. The largest absolute Gasteiger partial charge is 0.337 e. The van der Waals surface area contributed by atoms with E-state index in [9.17, 15) is 9.18 Å². The van der Waals surface area contributed by atoms with Crippen LogP contribution < -0.4 is 0 Å². The minimum absolute atomic E-state index is 0.0486. The van der Waals surface area contributed by atoms with Crippen LogP contribution in [0.3, 0.4) is 0 Å². The minimum atomic E-state index is -0.320. The number of benzene rings is 1. The van der Waals surface area contributed by atoms with Gasteiger partial charge in [-0.05, 0) is 45.0 Å². The summed E-state index contributed by atoms with van der Waals surface area (Å²) in [6, 6.07) is 5.81. The van der Waals surface area contributed by atoms with Gasteiger partial charge in [0, 0.05) is 18.2 Å². The molecule has 0 atom stereocenters. The molecule has 82 valence electrons. The number of amides is 1. The zero-order valence-corrected chi connectivity index (χ0v) is 9.33. The maximum atomic E-state index is 12.7. The SMILES string of the molecule is CCN(C(=O)c1ccc(F)cc1)C(C)C. The fourth-order valence-electron chi connectivity index (χ4n) is 1.50. The molecule has 0 heterocycles. The van der Waals surface area contributed by atoms with E-state index in [0.717, 1.165) is 0 Å². The molecule has 3 heteroatoms. The number of nitrogens with zero attached hydrogens (tertiary/aromatic N) is 1. The van der Waals surface area contributed by atoms with Crippen LogP contribution in [0.4, 0.5) is 4.39 Å². The molecule has 0 spiro atoms. The van der Waals surface area contributed by atoms with Gasteiger partial charge in [0.15, 0.2) is 0 Å². The van der Waals surface area contributed by atoms with E-state index in [2.05, 4.69) is 0 Å². The Kier molecular flexibility index (Phi) is 3.83. The van der Waals surface area contributed by atoms with Crippen LogP contribution in [-0.4, -0.2) is 23.4 Å². The summed E-state index contributed by atoms with van der Waals surface area (Å²) in [6.45, 7) is 6.52. The second-order valence-electron chi connectivity index (χ2n) is 3.69. The Hall–Kier alpha value is -1.38. The Morgan fingerprint density at radius 1 is 1.33 bits per heavy atom. The minimum Gasteiger partial charge on any atom is -0.337 e. The van der Waals surface area contributed by atoms with Crippen molar-refractivity contribution >= 4 is 5.91 Å². The lowest BCUT2D eigenvalue weighted by atomic mass is 10.1. The van der Waals surface area contributed by atoms with E-state index in [1.807, 2.05) is 20.8 Å². The molecule has 0 saturated heterocycles. The number of halogens is 1. The third kappa shape index (κ3) is 2.78. The van der Waals surface area contributed by atoms with Gasteiger partial charge >= 0.3 is 0 Å². The summed E-state index contributed by atoms with van der Waals surface area (Å²) in [5.74, 6) is -0.369. The van der Waals surface area contributed by atoms with Crippen LogP contribution in [-0.2, 0) is 0 Å². The summed E-state index contributed by atoms with van der Waals surface area (Å²) in [5, 5.41) is 0. The molecular weight excluding hydrogens is 193 g/mol. The van der Waals surface area contributed by atoms with Crippen LogP contribution in [0.25, 0.3) is 0 Å². The van der Waals surface area contributed by atoms with E-state index in [1.165, 1.54) is 24.3 Å². The fourth-order valence-corrected chi connectivity index (χ4v) is 1.50. The highest BCUT2D eigenvalue weighted by Gasteiger charge is 2.16. The van der Waals surface area contributed by atoms with Gasteiger partial charge in [0.2, 0.25) is 0 Å². The summed E-state index contributed by atoms with van der Waals surface area (Å²) in [7, 11) is 0. The van der Waals surface area contributed by atoms with Crippen LogP contribution in [0.5, 0.6) is 0 Å². The normalized spacial score (nSPS) is 10.5. The standard InChI is InChI=1S/C12H16FNO/c1-4-14(9(2)3)12(15)10-5-7-11(13)8-6-10/h5-9H,4H2,1-3H3. The summed E-state index contributed by atoms with van der Waals surface area (Å²) in [6.07, 6.45) is 0. The van der Waals surface area contributed by atoms with Gasteiger partial charge in [0.1, 0.15) is 5.82 Å². The maximum absolute atomic E-state index is 12.7. The zero-order valence-electron chi connectivity index (χ0n) is 9.33. The second kappa shape index (κ2) is 4.91. The average molecular weight is 209 g/mol. The second-order valence-corrected chi connectivity index (χ2v) is 3.69. The van der Waals surface area contributed by atoms with E-state index in [0.29, 0.717) is 12.1 Å². The van der Waals surface area contributed by atoms with Gasteiger partial charge < -0.3 is 4.90 Å². The van der Waals surface area contributed by atoms with Crippen molar-refractivity contribution in [2.45, 2.75) is 26.8 Å². The predicted octanol–water partition coefficient (Wildman–Crippen LogP) is 2.70. The molecule has 0 aliphatic carbocycles. The van der Waals surface area contributed by atoms with Crippen LogP contribution in [0.1, 0.15) is 31.1 Å². The summed E-state index contributed by atoms with van der Waals surface area (Å²) in [4.78, 5) is 13.7. The molecule has 0 unspecified atom stereocenters. The van der Waals surface area contributed by atoms with E-state index < -0.39 is 0 Å². The summed E-state index contributed by atoms with van der Waals surface area (Å²) < 4.78 is 12.7. The smallest absolute Gasteiger partial charge is 0.254 e. The molecule has 1 aromatic carbocycles. The predicted molar refractivity (Wildman–Crippen MR) is 58.2 cm³/mol. The monoisotopic (exact) mass is 209 g/mol. The molecule has 0 fully saturated rings. The van der Waals surface area contributed by atoms with Crippen LogP contribution in [0.15, 0.2) is 24.3 Å². The fraction of sp³-hybridized carbons (Fsp3) is 0.417. The van der Waals surface area contributed by atoms with Crippen LogP contribution >= 0.6 is 0 Å². The first-order valence-corrected chi connectivity index (χ1v) is 5.12. The van der Waals surface area contributed by atoms with Gasteiger partial charge in [0.25, 0.3) is 5.91 Å². The lowest BCUT2D eigenvalue weighted by molar-refractivity contribution is 0.0717. The topological polar surface area (TPSA) is 20.3 Å². The van der Waals surface area contributed by atoms with Crippen molar-refractivity contribution in [3.8, 4) is 0 Å². The van der Waals surface area contributed by atoms with Gasteiger partial charge in [0.05, 0.1) is 0 Å². The molecule has 0 saturated carbocycles. The third-order valence-electron chi connectivity index (χ3n) is 2.32. The van der Waals surface area contributed by atoms with Gasteiger partial charge in [-0.3, -0.25) is 4.79 Å². The molecule has 1 amide bonds. The van der Waals surface area contributed by atoms with Crippen LogP contribution in [0.2, 0.25) is 0 Å². The first-order valence-electron chi connectivity index (χ1n) is 5.12. The number of carbonyl (C=O) groups is 1. The van der Waals surface area contributed by atoms with Gasteiger partial charge in [-0.25, -0.2) is 4.39 Å². The Balaban J connectivity index is 2.88. The van der Waals surface area contributed by atoms with Crippen molar-refractivity contribution in [2.75, 3.05) is 6.54 Å². The van der Waals surface area contributed by atoms with E-state index in [4.69, 9.17) is 0 Å². The molecule has 0 N–H and O–H groups in total. The average Bonchev–Trinajstić information content (AvgIpc) is 2.19. The molecule has 2 nitrogen and oxygen atoms in total. The molecule has 0 aliphatic rings. The van der Waals surface area contributed by atoms with Gasteiger partial charge in [-0.2, -0.15) is 0 Å². The summed E-state index contributed by atoms with van der Waals surface area (Å²) in [5.41, 5.74) is 0.534. The highest BCUT2D eigenvalue weighted by atomic mass is 19.1. The molecule has 1 rings (SSSR count). The van der Waals surface area contributed by atoms with Gasteiger partial charge in [-0.15, -0.1) is 0 Å². The van der Waals surface area contributed by atoms with Crippen molar-refractivity contribution in [2.24, 2.45) is 0 Å². The Bertz CT molecular complexity index is 332. The van der Waals surface area contributed by atoms with Crippen molar-refractivity contribution < 1.29 is 9.18 Å². The molecule has 0 radical (unpaired) electrons. The number of carbonyl (C=O) groups excluding carboxylic acids is 1. The highest BCUT2D eigenvalue weighted by molar-refractivity contribution is 5.94. The van der Waals surface area contributed by atoms with E-state index in [1.54, 1.807) is 4.90 Å². The Morgan fingerprint density at radius 3 is 2.27 bits per heavy atom. The summed E-state index contributed by atoms with van der Waals surface area (Å²) >= 11 is 0. The lowest BCUT2D eigenvalue weighted by Crippen LogP contribution is -2.36. The molecule has 0 aliphatic heterocycles. The Morgan fingerprint density at radius 2 is 1.87 bits per heavy atom. The molecule has 0 bridgehead atoms. The highest BCUT2D eigenvalue weighted by Crippen LogP contribution is 2.09. The number of rotatable bonds is 3.